The van der Waals surface area contributed by atoms with Gasteiger partial charge in [-0.1, -0.05) is 30.3 Å². The van der Waals surface area contributed by atoms with E-state index in [2.05, 4.69) is 52.2 Å². The summed E-state index contributed by atoms with van der Waals surface area (Å²) in [5, 5.41) is 0.663. The molecule has 5 heteroatoms. The van der Waals surface area contributed by atoms with Gasteiger partial charge < -0.3 is 5.73 Å². The maximum absolute atomic E-state index is 5.70. The van der Waals surface area contributed by atoms with Crippen LogP contribution in [0.2, 0.25) is 0 Å². The van der Waals surface area contributed by atoms with Gasteiger partial charge in [0.25, 0.3) is 0 Å². The van der Waals surface area contributed by atoms with Crippen LogP contribution in [0.1, 0.15) is 16.9 Å². The van der Waals surface area contributed by atoms with Crippen molar-refractivity contribution in [3.05, 3.63) is 47.0 Å². The second-order valence-corrected chi connectivity index (χ2v) is 6.89. The Labute approximate surface area is 130 Å². The number of thiazole rings is 1. The zero-order valence-electron chi connectivity index (χ0n) is 12.4. The summed E-state index contributed by atoms with van der Waals surface area (Å²) < 4.78 is 0. The standard InChI is InChI=1S/C16H22N4S/c1-19(12-15-9-18-16(17)21-15)14-7-8-20(11-14)10-13-5-3-2-4-6-13/h2-6,9,14H,7-8,10-12H2,1H3,(H2,17,18). The molecule has 1 fully saturated rings. The summed E-state index contributed by atoms with van der Waals surface area (Å²) in [5.74, 6) is 0. The van der Waals surface area contributed by atoms with E-state index in [9.17, 15) is 0 Å². The van der Waals surface area contributed by atoms with Crippen LogP contribution in [0.5, 0.6) is 0 Å². The zero-order valence-corrected chi connectivity index (χ0v) is 13.2. The second-order valence-electron chi connectivity index (χ2n) is 5.74. The molecule has 3 rings (SSSR count). The monoisotopic (exact) mass is 302 g/mol. The Kier molecular flexibility index (Phi) is 4.53. The van der Waals surface area contributed by atoms with E-state index in [1.165, 1.54) is 23.4 Å². The Hall–Kier alpha value is -1.43. The molecule has 1 aromatic heterocycles. The minimum Gasteiger partial charge on any atom is -0.375 e. The molecule has 0 amide bonds. The first-order valence-electron chi connectivity index (χ1n) is 7.37. The Morgan fingerprint density at radius 1 is 1.38 bits per heavy atom. The molecule has 1 unspecified atom stereocenters. The average Bonchev–Trinajstić information content (AvgIpc) is 3.09. The lowest BCUT2D eigenvalue weighted by Gasteiger charge is -2.24. The molecule has 1 aliphatic heterocycles. The minimum absolute atomic E-state index is 0.622. The molecule has 0 radical (unpaired) electrons. The molecular formula is C16H22N4S. The van der Waals surface area contributed by atoms with E-state index in [1.807, 2.05) is 6.20 Å². The lowest BCUT2D eigenvalue weighted by atomic mass is 10.2. The highest BCUT2D eigenvalue weighted by Gasteiger charge is 2.25. The molecule has 0 bridgehead atoms. The SMILES string of the molecule is CN(Cc1cnc(N)s1)C1CCN(Cc2ccccc2)C1. The summed E-state index contributed by atoms with van der Waals surface area (Å²) in [7, 11) is 2.20. The van der Waals surface area contributed by atoms with Crippen molar-refractivity contribution >= 4 is 16.5 Å². The molecule has 2 N–H and O–H groups in total. The van der Waals surface area contributed by atoms with Gasteiger partial charge in [-0.3, -0.25) is 9.80 Å². The van der Waals surface area contributed by atoms with Crippen LogP contribution in [0.3, 0.4) is 0 Å². The van der Waals surface area contributed by atoms with Gasteiger partial charge in [-0.15, -0.1) is 11.3 Å². The number of nitrogens with two attached hydrogens (primary N) is 1. The number of hydrogen-bond donors (Lipinski definition) is 1. The molecule has 1 aliphatic rings. The maximum atomic E-state index is 5.70. The molecule has 1 saturated heterocycles. The molecule has 2 heterocycles. The number of aromatic nitrogens is 1. The summed E-state index contributed by atoms with van der Waals surface area (Å²) in [6.45, 7) is 4.31. The van der Waals surface area contributed by atoms with Gasteiger partial charge in [0.1, 0.15) is 0 Å². The summed E-state index contributed by atoms with van der Waals surface area (Å²) in [4.78, 5) is 10.3. The van der Waals surface area contributed by atoms with Crippen LogP contribution in [-0.4, -0.2) is 41.0 Å². The lowest BCUT2D eigenvalue weighted by molar-refractivity contribution is 0.224. The molecular weight excluding hydrogens is 280 g/mol. The normalized spacial score (nSPS) is 19.4. The fourth-order valence-corrected chi connectivity index (χ4v) is 3.68. The van der Waals surface area contributed by atoms with E-state index in [-0.39, 0.29) is 0 Å². The van der Waals surface area contributed by atoms with Gasteiger partial charge in [-0.25, -0.2) is 4.98 Å². The molecule has 2 aromatic rings. The Balaban J connectivity index is 1.52. The second kappa shape index (κ2) is 6.56. The molecule has 0 spiro atoms. The molecule has 112 valence electrons. The third kappa shape index (κ3) is 3.81. The van der Waals surface area contributed by atoms with Gasteiger partial charge in [-0.2, -0.15) is 0 Å². The van der Waals surface area contributed by atoms with Gasteiger partial charge in [0.05, 0.1) is 0 Å². The first-order valence-corrected chi connectivity index (χ1v) is 8.19. The van der Waals surface area contributed by atoms with Gasteiger partial charge in [-0.05, 0) is 19.0 Å². The highest BCUT2D eigenvalue weighted by molar-refractivity contribution is 7.15. The highest BCUT2D eigenvalue weighted by atomic mass is 32.1. The molecule has 21 heavy (non-hydrogen) atoms. The lowest BCUT2D eigenvalue weighted by Crippen LogP contribution is -2.33. The summed E-state index contributed by atoms with van der Waals surface area (Å²) in [6.07, 6.45) is 3.13. The van der Waals surface area contributed by atoms with Crippen molar-refractivity contribution in [2.24, 2.45) is 0 Å². The average molecular weight is 302 g/mol. The van der Waals surface area contributed by atoms with E-state index >= 15 is 0 Å². The number of nitrogen functional groups attached to an aromatic ring is 1. The van der Waals surface area contributed by atoms with Crippen molar-refractivity contribution in [1.29, 1.82) is 0 Å². The number of likely N-dealkylation sites (N-methyl/N-ethyl adjacent to an activating group) is 1. The smallest absolute Gasteiger partial charge is 0.180 e. The van der Waals surface area contributed by atoms with Crippen LogP contribution in [0.25, 0.3) is 0 Å². The van der Waals surface area contributed by atoms with Crippen molar-refractivity contribution in [3.63, 3.8) is 0 Å². The highest BCUT2D eigenvalue weighted by Crippen LogP contribution is 2.21. The predicted octanol–water partition coefficient (Wildman–Crippen LogP) is 2.43. The molecule has 1 aromatic carbocycles. The fraction of sp³-hybridized carbons (Fsp3) is 0.438. The summed E-state index contributed by atoms with van der Waals surface area (Å²) in [5.41, 5.74) is 7.10. The number of likely N-dealkylation sites (tertiary alicyclic amines) is 1. The number of rotatable bonds is 5. The van der Waals surface area contributed by atoms with E-state index < -0.39 is 0 Å². The maximum Gasteiger partial charge on any atom is 0.180 e. The van der Waals surface area contributed by atoms with Crippen LogP contribution in [0, 0.1) is 0 Å². The zero-order chi connectivity index (χ0) is 14.7. The van der Waals surface area contributed by atoms with E-state index in [1.54, 1.807) is 11.3 Å². The van der Waals surface area contributed by atoms with Crippen molar-refractivity contribution in [1.82, 2.24) is 14.8 Å². The molecule has 1 atom stereocenters. The van der Waals surface area contributed by atoms with Crippen LogP contribution in [0.4, 0.5) is 5.13 Å². The topological polar surface area (TPSA) is 45.4 Å². The Morgan fingerprint density at radius 2 is 2.19 bits per heavy atom. The number of benzene rings is 1. The van der Waals surface area contributed by atoms with Crippen LogP contribution in [-0.2, 0) is 13.1 Å². The summed E-state index contributed by atoms with van der Waals surface area (Å²) in [6, 6.07) is 11.3. The van der Waals surface area contributed by atoms with E-state index in [0.717, 1.165) is 19.6 Å². The van der Waals surface area contributed by atoms with E-state index in [0.29, 0.717) is 11.2 Å². The third-order valence-electron chi connectivity index (χ3n) is 4.10. The third-order valence-corrected chi connectivity index (χ3v) is 4.91. The number of hydrogen-bond acceptors (Lipinski definition) is 5. The molecule has 4 nitrogen and oxygen atoms in total. The van der Waals surface area contributed by atoms with Crippen LogP contribution < -0.4 is 5.73 Å². The minimum atomic E-state index is 0.622. The van der Waals surface area contributed by atoms with Crippen LogP contribution >= 0.6 is 11.3 Å². The largest absolute Gasteiger partial charge is 0.375 e. The van der Waals surface area contributed by atoms with E-state index in [4.69, 9.17) is 5.73 Å². The fourth-order valence-electron chi connectivity index (χ4n) is 2.93. The van der Waals surface area contributed by atoms with Crippen molar-refractivity contribution in [2.75, 3.05) is 25.9 Å². The van der Waals surface area contributed by atoms with Gasteiger partial charge in [0.15, 0.2) is 5.13 Å². The number of nitrogens with zero attached hydrogens (tertiary/aromatic N) is 3. The molecule has 0 saturated carbocycles. The summed E-state index contributed by atoms with van der Waals surface area (Å²) >= 11 is 1.59. The van der Waals surface area contributed by atoms with Crippen molar-refractivity contribution in [3.8, 4) is 0 Å². The van der Waals surface area contributed by atoms with Gasteiger partial charge in [0.2, 0.25) is 0 Å². The molecule has 0 aliphatic carbocycles. The first-order chi connectivity index (χ1) is 10.2. The van der Waals surface area contributed by atoms with Gasteiger partial charge in [0, 0.05) is 43.3 Å². The Morgan fingerprint density at radius 3 is 2.90 bits per heavy atom. The first kappa shape index (κ1) is 14.5. The van der Waals surface area contributed by atoms with Crippen LogP contribution in [0.15, 0.2) is 36.5 Å². The van der Waals surface area contributed by atoms with Crippen molar-refractivity contribution in [2.45, 2.75) is 25.6 Å². The predicted molar refractivity (Wildman–Crippen MR) is 88.1 cm³/mol. The quantitative estimate of drug-likeness (QED) is 0.921. The van der Waals surface area contributed by atoms with Crippen molar-refractivity contribution < 1.29 is 0 Å². The number of anilines is 1. The Bertz CT molecular complexity index is 569. The van der Waals surface area contributed by atoms with Gasteiger partial charge >= 0.3 is 0 Å².